The maximum Gasteiger partial charge on any atom is 0.253 e. The molecule has 2 N–H and O–H groups in total. The van der Waals surface area contributed by atoms with Gasteiger partial charge in [-0.15, -0.1) is 0 Å². The molecule has 0 aliphatic carbocycles. The van der Waals surface area contributed by atoms with Crippen LogP contribution in [0.15, 0.2) is 89.5 Å². The van der Waals surface area contributed by atoms with Gasteiger partial charge in [0.05, 0.1) is 321 Å². The first-order valence-electron chi connectivity index (χ1n) is 47.5. The molecule has 760 valence electrons. The van der Waals surface area contributed by atoms with Gasteiger partial charge >= 0.3 is 0 Å². The Balaban J connectivity index is 0.716. The lowest BCUT2D eigenvalue weighted by molar-refractivity contribution is -0.438. The zero-order valence-electron chi connectivity index (χ0n) is 80.5. The Hall–Kier alpha value is -6.10. The molecule has 36 nitrogen and oxygen atoms in total. The van der Waals surface area contributed by atoms with Gasteiger partial charge in [0.2, 0.25) is 17.5 Å². The van der Waals surface area contributed by atoms with Gasteiger partial charge in [-0.1, -0.05) is 50.1 Å². The molecule has 37 heteroatoms. The van der Waals surface area contributed by atoms with Gasteiger partial charge in [0.1, 0.15) is 16.7 Å². The van der Waals surface area contributed by atoms with Crippen LogP contribution in [-0.4, -0.2) is 402 Å². The Morgan fingerprint density at radius 2 is 0.699 bits per heavy atom. The van der Waals surface area contributed by atoms with E-state index in [9.17, 15) is 32.1 Å². The van der Waals surface area contributed by atoms with Crippen molar-refractivity contribution in [1.82, 2.24) is 15.5 Å². The van der Waals surface area contributed by atoms with Crippen LogP contribution < -0.4 is 15.5 Å². The van der Waals surface area contributed by atoms with Gasteiger partial charge in [-0.3, -0.25) is 24.1 Å². The quantitative estimate of drug-likeness (QED) is 0.0212. The molecule has 0 spiro atoms. The average Bonchev–Trinajstić information content (AvgIpc) is 1.59. The smallest absolute Gasteiger partial charge is 0.253 e. The summed E-state index contributed by atoms with van der Waals surface area (Å²) in [7, 11) is -3.05. The minimum Gasteiger partial charge on any atom is -0.744 e. The second kappa shape index (κ2) is 77.8. The van der Waals surface area contributed by atoms with Crippen molar-refractivity contribution >= 4 is 50.8 Å². The lowest BCUT2D eigenvalue weighted by Crippen LogP contribution is -2.31. The van der Waals surface area contributed by atoms with E-state index in [0.29, 0.717) is 362 Å². The topological polar surface area (TPSA) is 381 Å². The number of amides is 4. The van der Waals surface area contributed by atoms with E-state index >= 15 is 0 Å². The van der Waals surface area contributed by atoms with Crippen LogP contribution in [0.1, 0.15) is 115 Å². The number of nitrogens with one attached hydrogen (secondary N) is 2. The molecular formula is C96H159N5O31S. The Bertz CT molecular complexity index is 3610. The van der Waals surface area contributed by atoms with Crippen LogP contribution in [0, 0.1) is 6.92 Å². The maximum absolute atomic E-state index is 12.8. The summed E-state index contributed by atoms with van der Waals surface area (Å²) in [6.07, 6.45) is 20.8. The summed E-state index contributed by atoms with van der Waals surface area (Å²) in [4.78, 5) is 52.2. The van der Waals surface area contributed by atoms with E-state index in [1.807, 2.05) is 26.0 Å². The molecule has 0 saturated carbocycles. The number of benzene rings is 2. The van der Waals surface area contributed by atoms with Crippen LogP contribution in [0.3, 0.4) is 0 Å². The van der Waals surface area contributed by atoms with Crippen molar-refractivity contribution in [1.29, 1.82) is 0 Å². The molecule has 0 saturated heterocycles. The predicted molar refractivity (Wildman–Crippen MR) is 499 cm³/mol. The van der Waals surface area contributed by atoms with E-state index in [0.717, 1.165) is 68.4 Å². The Kier molecular flexibility index (Phi) is 68.7. The molecule has 5 rings (SSSR count). The largest absolute Gasteiger partial charge is 0.744 e. The summed E-state index contributed by atoms with van der Waals surface area (Å²) in [6, 6.07) is 11.2. The van der Waals surface area contributed by atoms with Gasteiger partial charge in [0.15, 0.2) is 5.71 Å². The van der Waals surface area contributed by atoms with Gasteiger partial charge in [-0.05, 0) is 102 Å². The van der Waals surface area contributed by atoms with Gasteiger partial charge < -0.3 is 134 Å². The van der Waals surface area contributed by atoms with E-state index in [2.05, 4.69) is 77.3 Å². The van der Waals surface area contributed by atoms with Crippen LogP contribution in [-0.2, 0) is 154 Å². The van der Waals surface area contributed by atoms with Crippen molar-refractivity contribution in [2.24, 2.45) is 0 Å². The molecule has 0 unspecified atom stereocenters. The number of fused-ring (bicyclic) bond motifs is 2. The number of imide groups is 1. The summed E-state index contributed by atoms with van der Waals surface area (Å²) < 4.78 is 171. The molecule has 0 radical (unpaired) electrons. The first kappa shape index (κ1) is 117. The van der Waals surface area contributed by atoms with Crippen molar-refractivity contribution in [3.8, 4) is 0 Å². The third-order valence-corrected chi connectivity index (χ3v) is 21.8. The zero-order chi connectivity index (χ0) is 95.3. The zero-order valence-corrected chi connectivity index (χ0v) is 81.3. The number of methoxy groups -OCH3 is 1. The lowest BCUT2D eigenvalue weighted by Gasteiger charge is -2.27. The molecule has 0 aromatic heterocycles. The highest BCUT2D eigenvalue weighted by Crippen LogP contribution is 2.49. The van der Waals surface area contributed by atoms with Crippen molar-refractivity contribution in [2.45, 2.75) is 121 Å². The van der Waals surface area contributed by atoms with Gasteiger partial charge in [0, 0.05) is 99.2 Å². The highest BCUT2D eigenvalue weighted by Gasteiger charge is 2.44. The number of nitrogens with zero attached hydrogens (tertiary/aromatic N) is 3. The van der Waals surface area contributed by atoms with Crippen molar-refractivity contribution in [3.63, 3.8) is 0 Å². The summed E-state index contributed by atoms with van der Waals surface area (Å²) in [6.45, 7) is 35.6. The molecule has 2 aromatic rings. The molecule has 133 heavy (non-hydrogen) atoms. The molecule has 0 fully saturated rings. The SMILES string of the molecule is COCCOCCOCCOCCOCCOCCOCCOCCOCCOCCOCCOCCOCCOCCOCCOCCOCCOCCOCCOCCOCCOCCOCCOCCNC(=O)CCCCCN1C(=CC=CC=CC2=[N+](CCCCCC(=O)NCCCCCN3C(=O)C=CC3=O)c3ccc(C)cc3C2(C)C)C(C)(C)c2cc(S(=O)(=O)[O-])ccc21. The molecule has 4 amide bonds. The highest BCUT2D eigenvalue weighted by molar-refractivity contribution is 7.85. The van der Waals surface area contributed by atoms with Gasteiger partial charge in [0.25, 0.3) is 11.8 Å². The number of aryl methyl sites for hydroxylation is 1. The molecular weight excluding hydrogens is 1750 g/mol. The molecule has 3 aliphatic rings. The number of carbonyl (C=O) groups excluding carboxylic acids is 4. The van der Waals surface area contributed by atoms with Crippen molar-refractivity contribution in [3.05, 3.63) is 101 Å². The number of hydrogen-bond acceptors (Lipinski definition) is 32. The summed E-state index contributed by atoms with van der Waals surface area (Å²) in [5, 5.41) is 5.95. The molecule has 0 atom stereocenters. The first-order chi connectivity index (χ1) is 65.0. The van der Waals surface area contributed by atoms with Crippen LogP contribution in [0.25, 0.3) is 0 Å². The summed E-state index contributed by atoms with van der Waals surface area (Å²) in [5.74, 6) is -0.566. The number of allylic oxidation sites excluding steroid dienone is 6. The predicted octanol–water partition coefficient (Wildman–Crippen LogP) is 7.55. The van der Waals surface area contributed by atoms with Gasteiger partial charge in [-0.25, -0.2) is 8.42 Å². The molecule has 3 heterocycles. The lowest BCUT2D eigenvalue weighted by atomic mass is 9.81. The van der Waals surface area contributed by atoms with Gasteiger partial charge in [-0.2, -0.15) is 4.58 Å². The third kappa shape index (κ3) is 55.9. The summed E-state index contributed by atoms with van der Waals surface area (Å²) >= 11 is 0. The standard InChI is InChI=1S/C96H159N5O31S/c1-83-23-25-87-85(81-83)95(2,3)89(99(87)31-16-8-13-21-91(102)97-29-15-10-18-33-101-93(104)27-28-94(101)105)19-11-7-12-20-90-96(4,5)86-82-84(133(106,107)108)24-26-88(86)100(90)32-17-9-14-22-92(103)98-30-34-110-37-38-112-41-42-114-45-46-116-49-50-118-53-54-120-57-58-122-61-62-124-65-66-126-69-70-128-73-74-130-77-78-132-80-79-131-76-75-129-72-71-127-68-67-125-64-63-123-60-59-121-56-55-119-52-51-117-48-47-115-44-43-113-40-39-111-36-35-109-6/h7,11-12,19-20,23-28,81-82H,8-10,13-18,21-22,29-80H2,1-6H3,(H2-,97,98,102,103,106,107,108). The van der Waals surface area contributed by atoms with Crippen molar-refractivity contribution < 1.29 is 150 Å². The average molecular weight is 1910 g/mol. The number of unbranched alkanes of at least 4 members (excludes halogenated alkanes) is 6. The normalized spacial score (nSPS) is 14.5. The van der Waals surface area contributed by atoms with E-state index in [1.165, 1.54) is 51.7 Å². The van der Waals surface area contributed by atoms with Crippen LogP contribution in [0.5, 0.6) is 0 Å². The fourth-order valence-corrected chi connectivity index (χ4v) is 14.4. The molecule has 2 aromatic carbocycles. The van der Waals surface area contributed by atoms with E-state index in [4.69, 9.17) is 114 Å². The summed E-state index contributed by atoms with van der Waals surface area (Å²) in [5.41, 5.74) is 6.45. The Morgan fingerprint density at radius 1 is 0.368 bits per heavy atom. The van der Waals surface area contributed by atoms with E-state index in [1.54, 1.807) is 13.2 Å². The second-order valence-electron chi connectivity index (χ2n) is 32.0. The fraction of sp³-hybridized carbons (Fsp3) is 0.740. The first-order valence-corrected chi connectivity index (χ1v) is 48.9. The number of anilines is 1. The second-order valence-corrected chi connectivity index (χ2v) is 33.4. The fourth-order valence-electron chi connectivity index (χ4n) is 13.9. The Morgan fingerprint density at radius 3 is 1.06 bits per heavy atom. The van der Waals surface area contributed by atoms with Crippen LogP contribution in [0.2, 0.25) is 0 Å². The minimum atomic E-state index is -4.69. The van der Waals surface area contributed by atoms with Crippen LogP contribution >= 0.6 is 0 Å². The van der Waals surface area contributed by atoms with E-state index < -0.39 is 15.5 Å². The number of rotatable bonds is 94. The number of carbonyl (C=O) groups is 4. The Labute approximate surface area is 790 Å². The van der Waals surface area contributed by atoms with Crippen LogP contribution in [0.4, 0.5) is 11.4 Å². The maximum atomic E-state index is 12.8. The minimum absolute atomic E-state index is 0.0267. The van der Waals surface area contributed by atoms with E-state index in [-0.39, 0.29) is 33.9 Å². The molecule has 0 bridgehead atoms. The third-order valence-electron chi connectivity index (χ3n) is 21.0. The van der Waals surface area contributed by atoms with Crippen molar-refractivity contribution in [2.75, 3.05) is 355 Å². The monoisotopic (exact) mass is 1910 g/mol. The molecule has 3 aliphatic heterocycles. The number of ether oxygens (including phenoxy) is 24. The highest BCUT2D eigenvalue weighted by atomic mass is 32.2. The number of hydrogen-bond donors (Lipinski definition) is 2.